The molecule has 1 unspecified atom stereocenters. The Morgan fingerprint density at radius 3 is 2.06 bits per heavy atom. The summed E-state index contributed by atoms with van der Waals surface area (Å²) in [6.45, 7) is 4.16. The van der Waals surface area contributed by atoms with E-state index in [2.05, 4.69) is 31.2 Å². The van der Waals surface area contributed by atoms with E-state index in [0.29, 0.717) is 6.04 Å². The lowest BCUT2D eigenvalue weighted by atomic mass is 10.3. The predicted octanol–water partition coefficient (Wildman–Crippen LogP) is 0.794. The molecule has 0 saturated heterocycles. The van der Waals surface area contributed by atoms with Crippen LogP contribution >= 0.6 is 0 Å². The zero-order chi connectivity index (χ0) is 13.3. The molecule has 0 spiro atoms. The summed E-state index contributed by atoms with van der Waals surface area (Å²) in [4.78, 5) is 2.20. The van der Waals surface area contributed by atoms with Gasteiger partial charge in [0.05, 0.1) is 0 Å². The van der Waals surface area contributed by atoms with Crippen molar-refractivity contribution in [3.8, 4) is 0 Å². The minimum Gasteiger partial charge on any atom is -0.377 e. The van der Waals surface area contributed by atoms with E-state index in [1.165, 1.54) is 0 Å². The van der Waals surface area contributed by atoms with E-state index in [0.717, 1.165) is 25.6 Å². The van der Waals surface area contributed by atoms with Gasteiger partial charge in [0.2, 0.25) is 0 Å². The minimum absolute atomic E-state index is 0.546. The molecular formula is C11H28N2O3Si. The van der Waals surface area contributed by atoms with Crippen molar-refractivity contribution in [2.24, 2.45) is 0 Å². The number of likely N-dealkylation sites (N-methyl/N-ethyl adjacent to an activating group) is 1. The molecule has 5 nitrogen and oxygen atoms in total. The Morgan fingerprint density at radius 2 is 1.65 bits per heavy atom. The molecule has 0 heterocycles. The van der Waals surface area contributed by atoms with E-state index < -0.39 is 8.80 Å². The fraction of sp³-hybridized carbons (Fsp3) is 1.00. The molecular weight excluding hydrogens is 236 g/mol. The normalized spacial score (nSPS) is 14.3. The maximum absolute atomic E-state index is 5.36. The molecule has 0 bridgehead atoms. The highest BCUT2D eigenvalue weighted by atomic mass is 28.4. The summed E-state index contributed by atoms with van der Waals surface area (Å²) < 4.78 is 16.1. The van der Waals surface area contributed by atoms with E-state index >= 15 is 0 Å². The van der Waals surface area contributed by atoms with Gasteiger partial charge in [-0.3, -0.25) is 0 Å². The van der Waals surface area contributed by atoms with Gasteiger partial charge in [-0.1, -0.05) is 0 Å². The van der Waals surface area contributed by atoms with Crippen molar-refractivity contribution in [1.82, 2.24) is 10.2 Å². The van der Waals surface area contributed by atoms with Crippen LogP contribution in [0.2, 0.25) is 6.04 Å². The van der Waals surface area contributed by atoms with Crippen LogP contribution in [0.5, 0.6) is 0 Å². The summed E-state index contributed by atoms with van der Waals surface area (Å²) in [5.41, 5.74) is 0. The molecule has 0 aromatic carbocycles. The Kier molecular flexibility index (Phi) is 9.02. The van der Waals surface area contributed by atoms with Gasteiger partial charge < -0.3 is 23.5 Å². The SMILES string of the molecule is CO[Si](CCCNCC(C)N(C)C)(OC)OC. The molecule has 104 valence electrons. The fourth-order valence-electron chi connectivity index (χ4n) is 1.48. The van der Waals surface area contributed by atoms with Crippen molar-refractivity contribution >= 4 is 8.80 Å². The van der Waals surface area contributed by atoms with Crippen LogP contribution in [0.1, 0.15) is 13.3 Å². The lowest BCUT2D eigenvalue weighted by Crippen LogP contribution is -2.43. The topological polar surface area (TPSA) is 43.0 Å². The van der Waals surface area contributed by atoms with Crippen molar-refractivity contribution in [2.45, 2.75) is 25.4 Å². The van der Waals surface area contributed by atoms with Crippen LogP contribution in [0.15, 0.2) is 0 Å². The van der Waals surface area contributed by atoms with Crippen LogP contribution in [0.25, 0.3) is 0 Å². The maximum Gasteiger partial charge on any atom is 0.500 e. The number of nitrogens with one attached hydrogen (secondary N) is 1. The van der Waals surface area contributed by atoms with E-state index in [-0.39, 0.29) is 0 Å². The lowest BCUT2D eigenvalue weighted by molar-refractivity contribution is 0.123. The van der Waals surface area contributed by atoms with Crippen LogP contribution in [0.3, 0.4) is 0 Å². The standard InChI is InChI=1S/C11H28N2O3Si/c1-11(13(2)3)10-12-8-7-9-17(14-4,15-5)16-6/h11-12H,7-10H2,1-6H3. The lowest BCUT2D eigenvalue weighted by Gasteiger charge is -2.24. The van der Waals surface area contributed by atoms with Crippen LogP contribution in [-0.2, 0) is 13.3 Å². The van der Waals surface area contributed by atoms with Gasteiger partial charge in [0, 0.05) is 40.0 Å². The van der Waals surface area contributed by atoms with Crippen LogP contribution in [0.4, 0.5) is 0 Å². The van der Waals surface area contributed by atoms with Crippen molar-refractivity contribution < 1.29 is 13.3 Å². The smallest absolute Gasteiger partial charge is 0.377 e. The molecule has 0 aromatic heterocycles. The van der Waals surface area contributed by atoms with Crippen LogP contribution in [0, 0.1) is 0 Å². The second-order valence-electron chi connectivity index (χ2n) is 4.42. The van der Waals surface area contributed by atoms with Gasteiger partial charge in [0.15, 0.2) is 0 Å². The third kappa shape index (κ3) is 6.49. The second-order valence-corrected chi connectivity index (χ2v) is 7.51. The number of rotatable bonds is 10. The van der Waals surface area contributed by atoms with E-state index in [4.69, 9.17) is 13.3 Å². The number of nitrogens with zero attached hydrogens (tertiary/aromatic N) is 1. The first-order chi connectivity index (χ1) is 8.01. The number of hydrogen-bond donors (Lipinski definition) is 1. The van der Waals surface area contributed by atoms with Crippen molar-refractivity contribution in [3.63, 3.8) is 0 Å². The van der Waals surface area contributed by atoms with Gasteiger partial charge in [-0.25, -0.2) is 0 Å². The first-order valence-electron chi connectivity index (χ1n) is 6.04. The second kappa shape index (κ2) is 9.01. The Bertz CT molecular complexity index is 181. The average molecular weight is 264 g/mol. The molecule has 0 rings (SSSR count). The summed E-state index contributed by atoms with van der Waals surface area (Å²) in [5.74, 6) is 0. The molecule has 1 atom stereocenters. The van der Waals surface area contributed by atoms with Crippen molar-refractivity contribution in [3.05, 3.63) is 0 Å². The molecule has 0 radical (unpaired) electrons. The van der Waals surface area contributed by atoms with Gasteiger partial charge in [0.25, 0.3) is 0 Å². The molecule has 17 heavy (non-hydrogen) atoms. The highest BCUT2D eigenvalue weighted by Crippen LogP contribution is 2.14. The van der Waals surface area contributed by atoms with Crippen LogP contribution < -0.4 is 5.32 Å². The third-order valence-corrected chi connectivity index (χ3v) is 5.92. The molecule has 6 heteroatoms. The molecule has 0 aliphatic rings. The highest BCUT2D eigenvalue weighted by Gasteiger charge is 2.36. The van der Waals surface area contributed by atoms with Gasteiger partial charge >= 0.3 is 8.80 Å². The number of hydrogen-bond acceptors (Lipinski definition) is 5. The summed E-state index contributed by atoms with van der Waals surface area (Å²) in [6.07, 6.45) is 1.00. The van der Waals surface area contributed by atoms with Gasteiger partial charge in [-0.15, -0.1) is 0 Å². The Labute approximate surface area is 107 Å². The average Bonchev–Trinajstić information content (AvgIpc) is 2.34. The van der Waals surface area contributed by atoms with Crippen molar-refractivity contribution in [2.75, 3.05) is 48.5 Å². The molecule has 0 aromatic rings. The zero-order valence-corrected chi connectivity index (χ0v) is 13.1. The van der Waals surface area contributed by atoms with Gasteiger partial charge in [-0.05, 0) is 34.0 Å². The largest absolute Gasteiger partial charge is 0.500 e. The summed E-state index contributed by atoms with van der Waals surface area (Å²) in [7, 11) is 6.77. The summed E-state index contributed by atoms with van der Waals surface area (Å²) in [5, 5.41) is 3.43. The fourth-order valence-corrected chi connectivity index (χ4v) is 3.20. The summed E-state index contributed by atoms with van der Waals surface area (Å²) >= 11 is 0. The Morgan fingerprint density at radius 1 is 1.12 bits per heavy atom. The molecule has 1 N–H and O–H groups in total. The third-order valence-electron chi connectivity index (χ3n) is 3.09. The summed E-state index contributed by atoms with van der Waals surface area (Å²) in [6, 6.07) is 1.39. The van der Waals surface area contributed by atoms with E-state index in [9.17, 15) is 0 Å². The Hall–Kier alpha value is 0.0169. The first kappa shape index (κ1) is 17.0. The van der Waals surface area contributed by atoms with E-state index in [1.807, 2.05) is 0 Å². The monoisotopic (exact) mass is 264 g/mol. The minimum atomic E-state index is -2.37. The maximum atomic E-state index is 5.36. The quantitative estimate of drug-likeness (QED) is 0.467. The van der Waals surface area contributed by atoms with Crippen LogP contribution in [-0.4, -0.2) is 68.3 Å². The molecule has 0 saturated carbocycles. The molecule has 0 amide bonds. The highest BCUT2D eigenvalue weighted by molar-refractivity contribution is 6.60. The molecule has 0 aliphatic carbocycles. The van der Waals surface area contributed by atoms with E-state index in [1.54, 1.807) is 21.3 Å². The van der Waals surface area contributed by atoms with Crippen molar-refractivity contribution in [1.29, 1.82) is 0 Å². The molecule has 0 fully saturated rings. The first-order valence-corrected chi connectivity index (χ1v) is 7.97. The van der Waals surface area contributed by atoms with Gasteiger partial charge in [-0.2, -0.15) is 0 Å². The molecule has 0 aliphatic heterocycles. The predicted molar refractivity (Wildman–Crippen MR) is 72.2 cm³/mol. The zero-order valence-electron chi connectivity index (χ0n) is 12.1. The van der Waals surface area contributed by atoms with Gasteiger partial charge in [0.1, 0.15) is 0 Å². The Balaban J connectivity index is 3.69.